The molecule has 0 radical (unpaired) electrons. The first-order valence-electron chi connectivity index (χ1n) is 9.19. The minimum absolute atomic E-state index is 0.0380. The number of hydrogen-bond acceptors (Lipinski definition) is 4. The second-order valence-corrected chi connectivity index (χ2v) is 8.27. The van der Waals surface area contributed by atoms with Crippen LogP contribution in [0.3, 0.4) is 0 Å². The maximum atomic E-state index is 14.3. The van der Waals surface area contributed by atoms with Gasteiger partial charge in [-0.3, -0.25) is 4.79 Å². The van der Waals surface area contributed by atoms with Gasteiger partial charge in [0.25, 0.3) is 5.91 Å². The average molecular weight is 376 g/mol. The fraction of sp³-hybridized carbons (Fsp3) is 0.500. The van der Waals surface area contributed by atoms with Crippen molar-refractivity contribution in [2.45, 2.75) is 52.5 Å². The van der Waals surface area contributed by atoms with Gasteiger partial charge in [0.05, 0.1) is 5.69 Å². The topological polar surface area (TPSA) is 45.2 Å². The van der Waals surface area contributed by atoms with E-state index >= 15 is 0 Å². The fourth-order valence-electron chi connectivity index (χ4n) is 3.31. The van der Waals surface area contributed by atoms with Gasteiger partial charge in [0.1, 0.15) is 11.5 Å². The maximum absolute atomic E-state index is 14.3. The SMILES string of the molecule is CC(C)c1ccc(Nc2nc(C(=O)N3CCCC(C)C3C)cs2)c(F)c1. The molecule has 3 rings (SSSR count). The first-order valence-corrected chi connectivity index (χ1v) is 10.1. The zero-order valence-corrected chi connectivity index (χ0v) is 16.6. The maximum Gasteiger partial charge on any atom is 0.273 e. The molecule has 2 unspecified atom stereocenters. The number of nitrogens with zero attached hydrogens (tertiary/aromatic N) is 2. The van der Waals surface area contributed by atoms with Gasteiger partial charge in [0, 0.05) is 18.0 Å². The fourth-order valence-corrected chi connectivity index (χ4v) is 4.00. The summed E-state index contributed by atoms with van der Waals surface area (Å²) >= 11 is 1.32. The van der Waals surface area contributed by atoms with Crippen LogP contribution in [0.1, 0.15) is 62.5 Å². The van der Waals surface area contributed by atoms with Gasteiger partial charge in [0.15, 0.2) is 5.13 Å². The number of likely N-dealkylation sites (tertiary alicyclic amines) is 1. The smallest absolute Gasteiger partial charge is 0.273 e. The van der Waals surface area contributed by atoms with Gasteiger partial charge in [-0.05, 0) is 49.3 Å². The quantitative estimate of drug-likeness (QED) is 0.777. The molecular formula is C20H26FN3OS. The molecule has 6 heteroatoms. The van der Waals surface area contributed by atoms with Gasteiger partial charge >= 0.3 is 0 Å². The van der Waals surface area contributed by atoms with Crippen molar-refractivity contribution in [3.05, 3.63) is 40.7 Å². The first kappa shape index (κ1) is 18.8. The van der Waals surface area contributed by atoms with Crippen molar-refractivity contribution in [1.29, 1.82) is 0 Å². The zero-order valence-electron chi connectivity index (χ0n) is 15.8. The van der Waals surface area contributed by atoms with Crippen LogP contribution in [0, 0.1) is 11.7 Å². The van der Waals surface area contributed by atoms with E-state index in [-0.39, 0.29) is 23.7 Å². The van der Waals surface area contributed by atoms with Crippen molar-refractivity contribution in [1.82, 2.24) is 9.88 Å². The summed E-state index contributed by atoms with van der Waals surface area (Å²) in [5.41, 5.74) is 1.76. The van der Waals surface area contributed by atoms with Crippen molar-refractivity contribution in [2.24, 2.45) is 5.92 Å². The molecule has 140 valence electrons. The molecule has 0 spiro atoms. The molecule has 0 aliphatic carbocycles. The average Bonchev–Trinajstić information content (AvgIpc) is 3.07. The number of thiazole rings is 1. The Kier molecular flexibility index (Phi) is 5.61. The minimum atomic E-state index is -0.308. The Hall–Kier alpha value is -1.95. The van der Waals surface area contributed by atoms with Crippen LogP contribution in [0.5, 0.6) is 0 Å². The van der Waals surface area contributed by atoms with Gasteiger partial charge < -0.3 is 10.2 Å². The molecule has 4 nitrogen and oxygen atoms in total. The number of aromatic nitrogens is 1. The normalized spacial score (nSPS) is 20.5. The molecule has 2 atom stereocenters. The molecular weight excluding hydrogens is 349 g/mol. The Morgan fingerprint density at radius 2 is 2.15 bits per heavy atom. The highest BCUT2D eigenvalue weighted by Gasteiger charge is 2.30. The molecule has 1 aromatic carbocycles. The lowest BCUT2D eigenvalue weighted by Gasteiger charge is -2.37. The van der Waals surface area contributed by atoms with E-state index in [0.29, 0.717) is 22.4 Å². The van der Waals surface area contributed by atoms with Gasteiger partial charge in [-0.1, -0.05) is 26.8 Å². The highest BCUT2D eigenvalue weighted by Crippen LogP contribution is 2.28. The number of anilines is 2. The predicted octanol–water partition coefficient (Wildman–Crippen LogP) is 5.41. The number of carbonyl (C=O) groups excluding carboxylic acids is 1. The minimum Gasteiger partial charge on any atom is -0.334 e. The molecule has 1 fully saturated rings. The molecule has 26 heavy (non-hydrogen) atoms. The molecule has 1 saturated heterocycles. The van der Waals surface area contributed by atoms with E-state index in [9.17, 15) is 9.18 Å². The summed E-state index contributed by atoms with van der Waals surface area (Å²) in [6.45, 7) is 9.11. The molecule has 1 amide bonds. The second-order valence-electron chi connectivity index (χ2n) is 7.42. The Morgan fingerprint density at radius 1 is 1.38 bits per heavy atom. The van der Waals surface area contributed by atoms with Crippen LogP contribution in [0.15, 0.2) is 23.6 Å². The lowest BCUT2D eigenvalue weighted by Crippen LogP contribution is -2.46. The number of hydrogen-bond donors (Lipinski definition) is 1. The molecule has 0 saturated carbocycles. The van der Waals surface area contributed by atoms with Crippen molar-refractivity contribution in [3.63, 3.8) is 0 Å². The molecule has 1 aromatic heterocycles. The second kappa shape index (κ2) is 7.74. The first-order chi connectivity index (χ1) is 12.4. The molecule has 1 aliphatic rings. The summed E-state index contributed by atoms with van der Waals surface area (Å²) in [6.07, 6.45) is 2.18. The number of piperidine rings is 1. The van der Waals surface area contributed by atoms with E-state index in [1.165, 1.54) is 11.3 Å². The molecule has 2 aromatic rings. The van der Waals surface area contributed by atoms with Crippen LogP contribution < -0.4 is 5.32 Å². The Morgan fingerprint density at radius 3 is 2.85 bits per heavy atom. The Labute approximate surface area is 158 Å². The van der Waals surface area contributed by atoms with Gasteiger partial charge in [-0.2, -0.15) is 0 Å². The van der Waals surface area contributed by atoms with Crippen molar-refractivity contribution >= 4 is 28.1 Å². The number of amides is 1. The molecule has 2 heterocycles. The summed E-state index contributed by atoms with van der Waals surface area (Å²) < 4.78 is 14.3. The van der Waals surface area contributed by atoms with E-state index in [0.717, 1.165) is 24.9 Å². The van der Waals surface area contributed by atoms with Crippen LogP contribution >= 0.6 is 11.3 Å². The highest BCUT2D eigenvalue weighted by atomic mass is 32.1. The van der Waals surface area contributed by atoms with Gasteiger partial charge in [-0.25, -0.2) is 9.37 Å². The monoisotopic (exact) mass is 375 g/mol. The van der Waals surface area contributed by atoms with E-state index in [1.54, 1.807) is 17.5 Å². The molecule has 0 bridgehead atoms. The van der Waals surface area contributed by atoms with Crippen molar-refractivity contribution in [2.75, 3.05) is 11.9 Å². The van der Waals surface area contributed by atoms with E-state index in [4.69, 9.17) is 0 Å². The number of benzene rings is 1. The van der Waals surface area contributed by atoms with Crippen LogP contribution in [-0.4, -0.2) is 28.4 Å². The summed E-state index contributed by atoms with van der Waals surface area (Å²) in [4.78, 5) is 19.1. The third kappa shape index (κ3) is 3.90. The number of rotatable bonds is 4. The van der Waals surface area contributed by atoms with Crippen LogP contribution in [0.25, 0.3) is 0 Å². The van der Waals surface area contributed by atoms with Gasteiger partial charge in [0.2, 0.25) is 0 Å². The van der Waals surface area contributed by atoms with E-state index in [2.05, 4.69) is 24.1 Å². The van der Waals surface area contributed by atoms with E-state index < -0.39 is 0 Å². The highest BCUT2D eigenvalue weighted by molar-refractivity contribution is 7.14. The Bertz CT molecular complexity index is 789. The largest absolute Gasteiger partial charge is 0.334 e. The zero-order chi connectivity index (χ0) is 18.8. The number of carbonyl (C=O) groups is 1. The molecule has 1 aliphatic heterocycles. The van der Waals surface area contributed by atoms with Gasteiger partial charge in [-0.15, -0.1) is 11.3 Å². The van der Waals surface area contributed by atoms with Crippen LogP contribution in [0.2, 0.25) is 0 Å². The summed E-state index contributed by atoms with van der Waals surface area (Å²) in [6, 6.07) is 5.40. The molecule has 1 N–H and O–H groups in total. The third-order valence-corrected chi connectivity index (χ3v) is 6.02. The van der Waals surface area contributed by atoms with Crippen LogP contribution in [-0.2, 0) is 0 Å². The lowest BCUT2D eigenvalue weighted by atomic mass is 9.92. The predicted molar refractivity (Wildman–Crippen MR) is 105 cm³/mol. The summed E-state index contributed by atoms with van der Waals surface area (Å²) in [7, 11) is 0. The Balaban J connectivity index is 1.73. The van der Waals surface area contributed by atoms with E-state index in [1.807, 2.05) is 24.8 Å². The number of nitrogens with one attached hydrogen (secondary N) is 1. The summed E-state index contributed by atoms with van der Waals surface area (Å²) in [5.74, 6) is 0.427. The number of halogens is 1. The van der Waals surface area contributed by atoms with Crippen LogP contribution in [0.4, 0.5) is 15.2 Å². The third-order valence-electron chi connectivity index (χ3n) is 5.26. The standard InChI is InChI=1S/C20H26FN3OS/c1-12(2)15-7-8-17(16(21)10-15)22-20-23-18(11-26-20)19(25)24-9-5-6-13(3)14(24)4/h7-8,10-14H,5-6,9H2,1-4H3,(H,22,23). The summed E-state index contributed by atoms with van der Waals surface area (Å²) in [5, 5.41) is 5.28. The van der Waals surface area contributed by atoms with Crippen molar-refractivity contribution < 1.29 is 9.18 Å². The lowest BCUT2D eigenvalue weighted by molar-refractivity contribution is 0.0546. The van der Waals surface area contributed by atoms with Crippen molar-refractivity contribution in [3.8, 4) is 0 Å².